The second-order valence-electron chi connectivity index (χ2n) is 5.48. The summed E-state index contributed by atoms with van der Waals surface area (Å²) in [4.78, 5) is 22.8. The maximum Gasteiger partial charge on any atom is 0.373 e. The van der Waals surface area contributed by atoms with Crippen molar-refractivity contribution in [3.8, 4) is 5.88 Å². The van der Waals surface area contributed by atoms with Crippen molar-refractivity contribution in [2.24, 2.45) is 0 Å². The summed E-state index contributed by atoms with van der Waals surface area (Å²) in [6.07, 6.45) is 7.73. The van der Waals surface area contributed by atoms with Crippen LogP contribution in [0.5, 0.6) is 5.88 Å². The number of rotatable bonds is 5. The zero-order chi connectivity index (χ0) is 16.9. The second-order valence-corrected chi connectivity index (χ2v) is 5.84. The first-order valence-electron chi connectivity index (χ1n) is 7.68. The zero-order valence-corrected chi connectivity index (χ0v) is 13.6. The van der Waals surface area contributed by atoms with Crippen molar-refractivity contribution in [2.45, 2.75) is 38.2 Å². The third kappa shape index (κ3) is 3.70. The predicted octanol–water partition coefficient (Wildman–Crippen LogP) is 3.89. The molecule has 9 heteroatoms. The van der Waals surface area contributed by atoms with E-state index in [2.05, 4.69) is 20.3 Å². The van der Waals surface area contributed by atoms with Crippen molar-refractivity contribution in [2.75, 3.05) is 5.32 Å². The summed E-state index contributed by atoms with van der Waals surface area (Å²) in [5.41, 5.74) is 0.118. The monoisotopic (exact) mass is 349 g/mol. The summed E-state index contributed by atoms with van der Waals surface area (Å²) in [7, 11) is 0. The predicted molar refractivity (Wildman–Crippen MR) is 88.7 cm³/mol. The fraction of sp³-hybridized carbons (Fsp3) is 0.400. The molecule has 0 aliphatic heterocycles. The average molecular weight is 350 g/mol. The molecule has 1 aliphatic carbocycles. The van der Waals surface area contributed by atoms with Crippen molar-refractivity contribution < 1.29 is 9.66 Å². The van der Waals surface area contributed by atoms with E-state index in [1.165, 1.54) is 12.5 Å². The third-order valence-electron chi connectivity index (χ3n) is 3.81. The van der Waals surface area contributed by atoms with Crippen LogP contribution in [0.2, 0.25) is 5.15 Å². The van der Waals surface area contributed by atoms with Gasteiger partial charge in [0.25, 0.3) is 5.88 Å². The molecule has 8 nitrogen and oxygen atoms in total. The van der Waals surface area contributed by atoms with Gasteiger partial charge in [-0.1, -0.05) is 18.0 Å². The van der Waals surface area contributed by atoms with E-state index in [9.17, 15) is 10.1 Å². The van der Waals surface area contributed by atoms with Gasteiger partial charge in [0.2, 0.25) is 5.82 Å². The summed E-state index contributed by atoms with van der Waals surface area (Å²) in [6, 6.07) is 3.32. The molecule has 1 fully saturated rings. The molecule has 2 aromatic rings. The minimum absolute atomic E-state index is 0.0237. The standard InChI is InChI=1S/C15H16ClN5O3/c16-13-11(7-4-8-17-13)20-14-12(21(22)23)15(19-9-18-14)24-10-5-2-1-3-6-10/h4,7-10H,1-3,5-6H2,(H,18,19,20). The Morgan fingerprint density at radius 3 is 2.75 bits per heavy atom. The van der Waals surface area contributed by atoms with Gasteiger partial charge in [-0.25, -0.2) is 9.97 Å². The molecule has 2 heterocycles. The molecule has 24 heavy (non-hydrogen) atoms. The number of anilines is 2. The van der Waals surface area contributed by atoms with Gasteiger partial charge in [-0.15, -0.1) is 0 Å². The smallest absolute Gasteiger partial charge is 0.373 e. The van der Waals surface area contributed by atoms with E-state index in [-0.39, 0.29) is 28.6 Å². The Labute approximate surface area is 143 Å². The van der Waals surface area contributed by atoms with Crippen LogP contribution < -0.4 is 10.1 Å². The summed E-state index contributed by atoms with van der Waals surface area (Å²) in [5, 5.41) is 14.5. The minimum Gasteiger partial charge on any atom is -0.469 e. The number of nitrogens with one attached hydrogen (secondary N) is 1. The van der Waals surface area contributed by atoms with E-state index in [1.54, 1.807) is 12.1 Å². The van der Waals surface area contributed by atoms with Crippen molar-refractivity contribution in [1.82, 2.24) is 15.0 Å². The Bertz CT molecular complexity index is 737. The van der Waals surface area contributed by atoms with Crippen LogP contribution in [0.1, 0.15) is 32.1 Å². The van der Waals surface area contributed by atoms with E-state index in [1.807, 2.05) is 0 Å². The van der Waals surface area contributed by atoms with Crippen molar-refractivity contribution in [3.05, 3.63) is 39.9 Å². The first kappa shape index (κ1) is 16.4. The van der Waals surface area contributed by atoms with E-state index in [0.29, 0.717) is 5.69 Å². The highest BCUT2D eigenvalue weighted by Gasteiger charge is 2.27. The van der Waals surface area contributed by atoms with Gasteiger partial charge in [0.15, 0.2) is 5.15 Å². The summed E-state index contributed by atoms with van der Waals surface area (Å²) < 4.78 is 5.77. The number of aromatic nitrogens is 3. The Morgan fingerprint density at radius 2 is 2.04 bits per heavy atom. The average Bonchev–Trinajstić information content (AvgIpc) is 2.58. The molecule has 0 bridgehead atoms. The normalized spacial score (nSPS) is 15.0. The number of ether oxygens (including phenoxy) is 1. The van der Waals surface area contributed by atoms with Gasteiger partial charge in [-0.3, -0.25) is 10.1 Å². The fourth-order valence-electron chi connectivity index (χ4n) is 2.65. The second kappa shape index (κ2) is 7.39. The van der Waals surface area contributed by atoms with Crippen molar-refractivity contribution in [1.29, 1.82) is 0 Å². The molecule has 0 saturated heterocycles. The van der Waals surface area contributed by atoms with Crippen LogP contribution in [0.4, 0.5) is 17.2 Å². The Balaban J connectivity index is 1.90. The quantitative estimate of drug-likeness (QED) is 0.496. The number of nitro groups is 1. The lowest BCUT2D eigenvalue weighted by molar-refractivity contribution is -0.385. The molecule has 126 valence electrons. The van der Waals surface area contributed by atoms with E-state index >= 15 is 0 Å². The van der Waals surface area contributed by atoms with Crippen LogP contribution in [0.3, 0.4) is 0 Å². The fourth-order valence-corrected chi connectivity index (χ4v) is 2.82. The lowest BCUT2D eigenvalue weighted by Crippen LogP contribution is -2.21. The molecule has 1 saturated carbocycles. The van der Waals surface area contributed by atoms with Crippen molar-refractivity contribution >= 4 is 28.8 Å². The number of nitrogens with zero attached hydrogens (tertiary/aromatic N) is 4. The SMILES string of the molecule is O=[N+]([O-])c1c(Nc2cccnc2Cl)ncnc1OC1CCCCC1. The number of pyridine rings is 1. The molecule has 0 unspecified atom stereocenters. The number of halogens is 1. The summed E-state index contributed by atoms with van der Waals surface area (Å²) in [6.45, 7) is 0. The zero-order valence-electron chi connectivity index (χ0n) is 12.8. The third-order valence-corrected chi connectivity index (χ3v) is 4.12. The molecule has 0 amide bonds. The maximum absolute atomic E-state index is 11.5. The molecule has 3 rings (SSSR count). The van der Waals surface area contributed by atoms with Gasteiger partial charge >= 0.3 is 5.69 Å². The topological polar surface area (TPSA) is 103 Å². The summed E-state index contributed by atoms with van der Waals surface area (Å²) in [5.74, 6) is 0.000113. The maximum atomic E-state index is 11.5. The number of hydrogen-bond acceptors (Lipinski definition) is 7. The Kier molecular flexibility index (Phi) is 5.05. The van der Waals surface area contributed by atoms with Crippen LogP contribution in [0.15, 0.2) is 24.7 Å². The molecule has 0 radical (unpaired) electrons. The molecule has 0 atom stereocenters. The highest BCUT2D eigenvalue weighted by Crippen LogP contribution is 2.35. The first-order chi connectivity index (χ1) is 11.6. The lowest BCUT2D eigenvalue weighted by Gasteiger charge is -2.22. The first-order valence-corrected chi connectivity index (χ1v) is 8.06. The van der Waals surface area contributed by atoms with Crippen molar-refractivity contribution in [3.63, 3.8) is 0 Å². The van der Waals surface area contributed by atoms with E-state index < -0.39 is 4.92 Å². The van der Waals surface area contributed by atoms with E-state index in [0.717, 1.165) is 32.1 Å². The van der Waals surface area contributed by atoms with Gasteiger partial charge in [0, 0.05) is 6.20 Å². The van der Waals surface area contributed by atoms with Gasteiger partial charge in [0.1, 0.15) is 12.4 Å². The molecule has 2 aromatic heterocycles. The molecule has 0 spiro atoms. The van der Waals surface area contributed by atoms with Crippen LogP contribution in [-0.2, 0) is 0 Å². The van der Waals surface area contributed by atoms with Crippen LogP contribution >= 0.6 is 11.6 Å². The molecule has 1 N–H and O–H groups in total. The highest BCUT2D eigenvalue weighted by molar-refractivity contribution is 6.32. The van der Waals surface area contributed by atoms with Crippen LogP contribution in [0.25, 0.3) is 0 Å². The van der Waals surface area contributed by atoms with Gasteiger partial charge in [-0.2, -0.15) is 4.98 Å². The number of hydrogen-bond donors (Lipinski definition) is 1. The van der Waals surface area contributed by atoms with Gasteiger partial charge in [0.05, 0.1) is 10.6 Å². The van der Waals surface area contributed by atoms with Crippen LogP contribution in [-0.4, -0.2) is 26.0 Å². The van der Waals surface area contributed by atoms with E-state index in [4.69, 9.17) is 16.3 Å². The summed E-state index contributed by atoms with van der Waals surface area (Å²) >= 11 is 5.98. The van der Waals surface area contributed by atoms with Gasteiger partial charge < -0.3 is 10.1 Å². The van der Waals surface area contributed by atoms with Crippen LogP contribution in [0, 0.1) is 10.1 Å². The Morgan fingerprint density at radius 1 is 1.25 bits per heavy atom. The highest BCUT2D eigenvalue weighted by atomic mass is 35.5. The molecule has 0 aromatic carbocycles. The molecular weight excluding hydrogens is 334 g/mol. The largest absolute Gasteiger partial charge is 0.469 e. The minimum atomic E-state index is -0.551. The Hall–Kier alpha value is -2.48. The molecular formula is C15H16ClN5O3. The van der Waals surface area contributed by atoms with Gasteiger partial charge in [-0.05, 0) is 37.8 Å². The lowest BCUT2D eigenvalue weighted by atomic mass is 9.98. The molecule has 1 aliphatic rings.